The first-order valence-electron chi connectivity index (χ1n) is 7.77. The van der Waals surface area contributed by atoms with E-state index in [0.29, 0.717) is 12.1 Å². The molecule has 1 saturated heterocycles. The lowest BCUT2D eigenvalue weighted by atomic mass is 10.1. The van der Waals surface area contributed by atoms with Crippen molar-refractivity contribution in [3.8, 4) is 11.3 Å². The van der Waals surface area contributed by atoms with Gasteiger partial charge in [-0.15, -0.1) is 0 Å². The van der Waals surface area contributed by atoms with E-state index >= 15 is 0 Å². The fraction of sp³-hybridized carbons (Fsp3) is 0.333. The normalized spacial score (nSPS) is 17.2. The van der Waals surface area contributed by atoms with Gasteiger partial charge in [0.25, 0.3) is 5.91 Å². The van der Waals surface area contributed by atoms with Crippen molar-refractivity contribution in [1.29, 1.82) is 0 Å². The molecule has 1 aromatic heterocycles. The van der Waals surface area contributed by atoms with Gasteiger partial charge in [0.15, 0.2) is 0 Å². The van der Waals surface area contributed by atoms with Gasteiger partial charge in [-0.2, -0.15) is 0 Å². The first-order chi connectivity index (χ1) is 11.1. The van der Waals surface area contributed by atoms with Crippen LogP contribution in [0.5, 0.6) is 0 Å². The number of aromatic nitrogens is 1. The summed E-state index contributed by atoms with van der Waals surface area (Å²) in [6.07, 6.45) is 2.23. The van der Waals surface area contributed by atoms with Gasteiger partial charge in [0, 0.05) is 23.2 Å². The molecular formula is C18H19BrN2O2. The van der Waals surface area contributed by atoms with E-state index in [9.17, 15) is 4.79 Å². The summed E-state index contributed by atoms with van der Waals surface area (Å²) in [6.45, 7) is 3.22. The van der Waals surface area contributed by atoms with E-state index in [4.69, 9.17) is 4.74 Å². The number of halogens is 1. The molecule has 1 aromatic carbocycles. The van der Waals surface area contributed by atoms with E-state index in [0.717, 1.165) is 40.9 Å². The van der Waals surface area contributed by atoms with Crippen LogP contribution in [0.4, 0.5) is 0 Å². The van der Waals surface area contributed by atoms with Crippen molar-refractivity contribution in [2.45, 2.75) is 25.9 Å². The minimum Gasteiger partial charge on any atom is -0.376 e. The molecule has 0 radical (unpaired) electrons. The monoisotopic (exact) mass is 374 g/mol. The molecule has 3 rings (SSSR count). The van der Waals surface area contributed by atoms with Gasteiger partial charge in [0.1, 0.15) is 0 Å². The minimum atomic E-state index is -0.0914. The number of hydrogen-bond acceptors (Lipinski definition) is 3. The van der Waals surface area contributed by atoms with Gasteiger partial charge < -0.3 is 10.1 Å². The number of ether oxygens (including phenoxy) is 1. The highest BCUT2D eigenvalue weighted by atomic mass is 79.9. The zero-order valence-corrected chi connectivity index (χ0v) is 14.6. The number of aryl methyl sites for hydroxylation is 1. The van der Waals surface area contributed by atoms with E-state index in [1.807, 2.05) is 43.3 Å². The smallest absolute Gasteiger partial charge is 0.253 e. The van der Waals surface area contributed by atoms with Crippen LogP contribution in [0, 0.1) is 6.92 Å². The fourth-order valence-corrected chi connectivity index (χ4v) is 3.12. The lowest BCUT2D eigenvalue weighted by Gasteiger charge is -2.12. The molecule has 23 heavy (non-hydrogen) atoms. The molecule has 0 saturated carbocycles. The van der Waals surface area contributed by atoms with Gasteiger partial charge in [-0.05, 0) is 44.0 Å². The highest BCUT2D eigenvalue weighted by molar-refractivity contribution is 9.10. The number of nitrogens with zero attached hydrogens (tertiary/aromatic N) is 1. The van der Waals surface area contributed by atoms with Crippen molar-refractivity contribution in [3.63, 3.8) is 0 Å². The van der Waals surface area contributed by atoms with E-state index < -0.39 is 0 Å². The summed E-state index contributed by atoms with van der Waals surface area (Å²) in [7, 11) is 0. The van der Waals surface area contributed by atoms with Crippen molar-refractivity contribution < 1.29 is 9.53 Å². The van der Waals surface area contributed by atoms with Gasteiger partial charge in [-0.1, -0.05) is 28.1 Å². The quantitative estimate of drug-likeness (QED) is 0.886. The summed E-state index contributed by atoms with van der Waals surface area (Å²) in [6, 6.07) is 11.7. The molecule has 1 atom stereocenters. The molecule has 1 N–H and O–H groups in total. The third-order valence-electron chi connectivity index (χ3n) is 3.97. The molecule has 1 aliphatic heterocycles. The minimum absolute atomic E-state index is 0.0914. The maximum atomic E-state index is 12.3. The summed E-state index contributed by atoms with van der Waals surface area (Å²) in [4.78, 5) is 16.9. The maximum Gasteiger partial charge on any atom is 0.253 e. The molecule has 5 heteroatoms. The largest absolute Gasteiger partial charge is 0.376 e. The second-order valence-electron chi connectivity index (χ2n) is 5.68. The van der Waals surface area contributed by atoms with Crippen LogP contribution in [0.1, 0.15) is 28.9 Å². The Bertz CT molecular complexity index is 712. The summed E-state index contributed by atoms with van der Waals surface area (Å²) in [5.41, 5.74) is 3.22. The van der Waals surface area contributed by atoms with Crippen molar-refractivity contribution in [2.24, 2.45) is 0 Å². The van der Waals surface area contributed by atoms with Crippen LogP contribution in [0.2, 0.25) is 0 Å². The van der Waals surface area contributed by atoms with Crippen LogP contribution in [0.15, 0.2) is 40.9 Å². The Morgan fingerprint density at radius 3 is 2.96 bits per heavy atom. The van der Waals surface area contributed by atoms with E-state index in [1.165, 1.54) is 0 Å². The van der Waals surface area contributed by atoms with Crippen molar-refractivity contribution in [1.82, 2.24) is 10.3 Å². The third-order valence-corrected chi connectivity index (χ3v) is 4.46. The van der Waals surface area contributed by atoms with E-state index in [1.54, 1.807) is 0 Å². The molecule has 120 valence electrons. The average molecular weight is 375 g/mol. The Balaban J connectivity index is 1.72. The molecule has 1 aliphatic rings. The van der Waals surface area contributed by atoms with Gasteiger partial charge >= 0.3 is 0 Å². The molecule has 0 spiro atoms. The Labute approximate surface area is 144 Å². The molecule has 2 aromatic rings. The number of nitrogens with one attached hydrogen (secondary N) is 1. The fourth-order valence-electron chi connectivity index (χ4n) is 2.72. The third kappa shape index (κ3) is 3.98. The second kappa shape index (κ2) is 7.23. The lowest BCUT2D eigenvalue weighted by molar-refractivity contribution is 0.0857. The molecular weight excluding hydrogens is 356 g/mol. The van der Waals surface area contributed by atoms with Gasteiger partial charge in [-0.25, -0.2) is 0 Å². The van der Waals surface area contributed by atoms with E-state index in [-0.39, 0.29) is 12.0 Å². The maximum absolute atomic E-state index is 12.3. The van der Waals surface area contributed by atoms with Crippen LogP contribution in [0.25, 0.3) is 11.3 Å². The van der Waals surface area contributed by atoms with Crippen molar-refractivity contribution >= 4 is 21.8 Å². The number of rotatable bonds is 4. The lowest BCUT2D eigenvalue weighted by Crippen LogP contribution is -2.32. The van der Waals surface area contributed by atoms with Crippen LogP contribution in [0.3, 0.4) is 0 Å². The van der Waals surface area contributed by atoms with Gasteiger partial charge in [-0.3, -0.25) is 9.78 Å². The standard InChI is InChI=1S/C18H19BrN2O2/c1-12-16(18(22)20-11-15-6-3-9-23-15)7-8-17(21-12)13-4-2-5-14(19)10-13/h2,4-5,7-8,10,15H,3,6,9,11H2,1H3,(H,20,22). The molecule has 1 unspecified atom stereocenters. The summed E-state index contributed by atoms with van der Waals surface area (Å²) < 4.78 is 6.53. The molecule has 1 fully saturated rings. The molecule has 2 heterocycles. The summed E-state index contributed by atoms with van der Waals surface area (Å²) in [5, 5.41) is 2.94. The zero-order chi connectivity index (χ0) is 16.2. The average Bonchev–Trinajstić information content (AvgIpc) is 3.06. The predicted octanol–water partition coefficient (Wildman–Crippen LogP) is 3.73. The number of amides is 1. The van der Waals surface area contributed by atoms with Crippen LogP contribution < -0.4 is 5.32 Å². The second-order valence-corrected chi connectivity index (χ2v) is 6.60. The first-order valence-corrected chi connectivity index (χ1v) is 8.56. The number of benzene rings is 1. The van der Waals surface area contributed by atoms with Crippen LogP contribution >= 0.6 is 15.9 Å². The molecule has 4 nitrogen and oxygen atoms in total. The number of pyridine rings is 1. The van der Waals surface area contributed by atoms with Crippen LogP contribution in [-0.4, -0.2) is 30.1 Å². The molecule has 1 amide bonds. The highest BCUT2D eigenvalue weighted by Crippen LogP contribution is 2.22. The predicted molar refractivity (Wildman–Crippen MR) is 93.4 cm³/mol. The van der Waals surface area contributed by atoms with Crippen molar-refractivity contribution in [2.75, 3.05) is 13.2 Å². The van der Waals surface area contributed by atoms with Crippen LogP contribution in [-0.2, 0) is 4.74 Å². The summed E-state index contributed by atoms with van der Waals surface area (Å²) >= 11 is 3.46. The SMILES string of the molecule is Cc1nc(-c2cccc(Br)c2)ccc1C(=O)NCC1CCCO1. The highest BCUT2D eigenvalue weighted by Gasteiger charge is 2.18. The number of carbonyl (C=O) groups is 1. The summed E-state index contributed by atoms with van der Waals surface area (Å²) in [5.74, 6) is -0.0914. The number of hydrogen-bond donors (Lipinski definition) is 1. The molecule has 0 bridgehead atoms. The Kier molecular flexibility index (Phi) is 5.08. The van der Waals surface area contributed by atoms with E-state index in [2.05, 4.69) is 26.2 Å². The molecule has 0 aliphatic carbocycles. The topological polar surface area (TPSA) is 51.2 Å². The Morgan fingerprint density at radius 1 is 1.39 bits per heavy atom. The van der Waals surface area contributed by atoms with Gasteiger partial charge in [0.2, 0.25) is 0 Å². The first kappa shape index (κ1) is 16.1. The Morgan fingerprint density at radius 2 is 2.26 bits per heavy atom. The zero-order valence-electron chi connectivity index (χ0n) is 13.0. The number of carbonyl (C=O) groups excluding carboxylic acids is 1. The van der Waals surface area contributed by atoms with Gasteiger partial charge in [0.05, 0.1) is 23.1 Å². The Hall–Kier alpha value is -1.72. The van der Waals surface area contributed by atoms with Crippen molar-refractivity contribution in [3.05, 3.63) is 52.1 Å².